The number of amides is 1. The zero-order chi connectivity index (χ0) is 13.0. The Labute approximate surface area is 106 Å². The molecule has 18 heavy (non-hydrogen) atoms. The van der Waals surface area contributed by atoms with Gasteiger partial charge in [-0.25, -0.2) is 0 Å². The van der Waals surface area contributed by atoms with Crippen molar-refractivity contribution in [1.82, 2.24) is 15.4 Å². The number of carbonyl (C=O) groups excluding carboxylic acids is 1. The van der Waals surface area contributed by atoms with E-state index in [1.807, 2.05) is 7.05 Å². The van der Waals surface area contributed by atoms with Crippen LogP contribution in [0.1, 0.15) is 29.1 Å². The first kappa shape index (κ1) is 13.0. The molecule has 1 saturated heterocycles. The molecule has 1 aromatic rings. The summed E-state index contributed by atoms with van der Waals surface area (Å²) in [5.74, 6) is 0.479. The number of hydrogen-bond donors (Lipinski definition) is 1. The van der Waals surface area contributed by atoms with Crippen LogP contribution in [0.15, 0.2) is 10.6 Å². The van der Waals surface area contributed by atoms with Crippen molar-refractivity contribution in [2.75, 3.05) is 27.2 Å². The highest BCUT2D eigenvalue weighted by Crippen LogP contribution is 2.14. The molecule has 0 unspecified atom stereocenters. The number of aromatic nitrogens is 1. The van der Waals surface area contributed by atoms with Crippen molar-refractivity contribution in [3.63, 3.8) is 0 Å². The van der Waals surface area contributed by atoms with E-state index in [4.69, 9.17) is 9.26 Å². The Kier molecular flexibility index (Phi) is 4.33. The van der Waals surface area contributed by atoms with Crippen LogP contribution in [0.2, 0.25) is 0 Å². The molecule has 0 atom stereocenters. The van der Waals surface area contributed by atoms with E-state index >= 15 is 0 Å². The number of hydrogen-bond acceptors (Lipinski definition) is 5. The van der Waals surface area contributed by atoms with Gasteiger partial charge in [0.05, 0.1) is 0 Å². The summed E-state index contributed by atoms with van der Waals surface area (Å²) in [6.07, 6.45) is 1.95. The van der Waals surface area contributed by atoms with E-state index < -0.39 is 0 Å². The van der Waals surface area contributed by atoms with Crippen LogP contribution in [0.25, 0.3) is 0 Å². The van der Waals surface area contributed by atoms with Gasteiger partial charge in [-0.05, 0) is 25.9 Å². The van der Waals surface area contributed by atoms with Crippen LogP contribution < -0.4 is 5.32 Å². The Balaban J connectivity index is 2.00. The zero-order valence-electron chi connectivity index (χ0n) is 10.8. The largest absolute Gasteiger partial charge is 0.377 e. The van der Waals surface area contributed by atoms with Crippen molar-refractivity contribution < 1.29 is 14.1 Å². The molecule has 0 aliphatic carbocycles. The molecule has 2 rings (SSSR count). The maximum atomic E-state index is 12.2. The van der Waals surface area contributed by atoms with Gasteiger partial charge in [-0.15, -0.1) is 0 Å². The first-order valence-electron chi connectivity index (χ1n) is 6.14. The molecule has 6 heteroatoms. The molecule has 1 aliphatic heterocycles. The second kappa shape index (κ2) is 5.97. The van der Waals surface area contributed by atoms with Gasteiger partial charge in [0.25, 0.3) is 5.91 Å². The molecule has 0 radical (unpaired) electrons. The molecule has 0 bridgehead atoms. The van der Waals surface area contributed by atoms with Gasteiger partial charge in [0.2, 0.25) is 0 Å². The Morgan fingerprint density at radius 3 is 3.00 bits per heavy atom. The molecular formula is C12H19N3O3. The Hall–Kier alpha value is -1.40. The third-order valence-corrected chi connectivity index (χ3v) is 3.24. The maximum absolute atomic E-state index is 12.2. The summed E-state index contributed by atoms with van der Waals surface area (Å²) in [4.78, 5) is 14.0. The van der Waals surface area contributed by atoms with Crippen LogP contribution in [0.5, 0.6) is 0 Å². The fourth-order valence-electron chi connectivity index (χ4n) is 2.16. The molecule has 0 aromatic carbocycles. The molecule has 100 valence electrons. The Morgan fingerprint density at radius 1 is 1.61 bits per heavy atom. The minimum atomic E-state index is -0.0898. The van der Waals surface area contributed by atoms with Gasteiger partial charge in [-0.3, -0.25) is 4.79 Å². The Morgan fingerprint density at radius 2 is 2.33 bits per heavy atom. The number of piperidine rings is 1. The molecule has 6 nitrogen and oxygen atoms in total. The van der Waals surface area contributed by atoms with E-state index in [-0.39, 0.29) is 11.9 Å². The lowest BCUT2D eigenvalue weighted by molar-refractivity contribution is 0.0692. The molecular weight excluding hydrogens is 234 g/mol. The predicted molar refractivity (Wildman–Crippen MR) is 65.2 cm³/mol. The van der Waals surface area contributed by atoms with Gasteiger partial charge in [-0.1, -0.05) is 5.16 Å². The maximum Gasteiger partial charge on any atom is 0.276 e. The summed E-state index contributed by atoms with van der Waals surface area (Å²) >= 11 is 0. The number of nitrogens with zero attached hydrogens (tertiary/aromatic N) is 2. The topological polar surface area (TPSA) is 67.6 Å². The third kappa shape index (κ3) is 2.88. The number of carbonyl (C=O) groups is 1. The number of rotatable bonds is 4. The Bertz CT molecular complexity index is 399. The minimum absolute atomic E-state index is 0.0898. The second-order valence-electron chi connectivity index (χ2n) is 4.51. The SMILES string of the molecule is COCc1cc(C(=O)N(C)C2CCNCC2)no1. The molecule has 1 amide bonds. The van der Waals surface area contributed by atoms with E-state index in [2.05, 4.69) is 10.5 Å². The molecule has 1 fully saturated rings. The fraction of sp³-hybridized carbons (Fsp3) is 0.667. The van der Waals surface area contributed by atoms with Gasteiger partial charge >= 0.3 is 0 Å². The highest BCUT2D eigenvalue weighted by Gasteiger charge is 2.24. The monoisotopic (exact) mass is 253 g/mol. The fourth-order valence-corrected chi connectivity index (χ4v) is 2.16. The average Bonchev–Trinajstić information content (AvgIpc) is 2.87. The lowest BCUT2D eigenvalue weighted by Gasteiger charge is -2.31. The molecule has 1 aliphatic rings. The van der Waals surface area contributed by atoms with Crippen molar-refractivity contribution in [2.24, 2.45) is 0 Å². The van der Waals surface area contributed by atoms with Crippen LogP contribution in [0, 0.1) is 0 Å². The summed E-state index contributed by atoms with van der Waals surface area (Å²) in [6, 6.07) is 1.92. The summed E-state index contributed by atoms with van der Waals surface area (Å²) < 4.78 is 9.96. The zero-order valence-corrected chi connectivity index (χ0v) is 10.8. The van der Waals surface area contributed by atoms with Crippen molar-refractivity contribution >= 4 is 5.91 Å². The van der Waals surface area contributed by atoms with Crippen LogP contribution in [0.3, 0.4) is 0 Å². The lowest BCUT2D eigenvalue weighted by atomic mass is 10.1. The summed E-state index contributed by atoms with van der Waals surface area (Å²) in [6.45, 7) is 2.24. The van der Waals surface area contributed by atoms with Crippen LogP contribution in [-0.4, -0.2) is 49.3 Å². The van der Waals surface area contributed by atoms with Gasteiger partial charge in [0.1, 0.15) is 6.61 Å². The van der Waals surface area contributed by atoms with Crippen molar-refractivity contribution in [1.29, 1.82) is 0 Å². The first-order valence-corrected chi connectivity index (χ1v) is 6.14. The van der Waals surface area contributed by atoms with E-state index in [1.165, 1.54) is 0 Å². The highest BCUT2D eigenvalue weighted by atomic mass is 16.5. The quantitative estimate of drug-likeness (QED) is 0.853. The summed E-state index contributed by atoms with van der Waals surface area (Å²) in [5, 5.41) is 7.07. The molecule has 1 aromatic heterocycles. The second-order valence-corrected chi connectivity index (χ2v) is 4.51. The summed E-state index contributed by atoms with van der Waals surface area (Å²) in [7, 11) is 3.40. The average molecular weight is 253 g/mol. The van der Waals surface area contributed by atoms with Crippen molar-refractivity contribution in [2.45, 2.75) is 25.5 Å². The van der Waals surface area contributed by atoms with Gasteiger partial charge in [0.15, 0.2) is 11.5 Å². The van der Waals surface area contributed by atoms with E-state index in [9.17, 15) is 4.79 Å². The van der Waals surface area contributed by atoms with Crippen molar-refractivity contribution in [3.8, 4) is 0 Å². The standard InChI is InChI=1S/C12H19N3O3/c1-15(9-3-5-13-6-4-9)12(16)11-7-10(8-17-2)18-14-11/h7,9,13H,3-6,8H2,1-2H3. The van der Waals surface area contributed by atoms with E-state index in [1.54, 1.807) is 18.1 Å². The van der Waals surface area contributed by atoms with Gasteiger partial charge in [-0.2, -0.15) is 0 Å². The number of ether oxygens (including phenoxy) is 1. The minimum Gasteiger partial charge on any atom is -0.377 e. The van der Waals surface area contributed by atoms with E-state index in [0.29, 0.717) is 18.1 Å². The van der Waals surface area contributed by atoms with Crippen LogP contribution in [0.4, 0.5) is 0 Å². The van der Waals surface area contributed by atoms with E-state index in [0.717, 1.165) is 25.9 Å². The number of methoxy groups -OCH3 is 1. The molecule has 1 N–H and O–H groups in total. The molecule has 0 saturated carbocycles. The van der Waals surface area contributed by atoms with Gasteiger partial charge < -0.3 is 19.5 Å². The molecule has 2 heterocycles. The van der Waals surface area contributed by atoms with Crippen molar-refractivity contribution in [3.05, 3.63) is 17.5 Å². The molecule has 0 spiro atoms. The van der Waals surface area contributed by atoms with Gasteiger partial charge in [0, 0.05) is 26.3 Å². The lowest BCUT2D eigenvalue weighted by Crippen LogP contribution is -2.44. The summed E-state index contributed by atoms with van der Waals surface area (Å²) in [5.41, 5.74) is 0.350. The predicted octanol–water partition coefficient (Wildman–Crippen LogP) is 0.645. The highest BCUT2D eigenvalue weighted by molar-refractivity contribution is 5.92. The van der Waals surface area contributed by atoms with Crippen LogP contribution >= 0.6 is 0 Å². The van der Waals surface area contributed by atoms with Crippen LogP contribution in [-0.2, 0) is 11.3 Å². The first-order chi connectivity index (χ1) is 8.72. The number of nitrogens with one attached hydrogen (secondary N) is 1. The smallest absolute Gasteiger partial charge is 0.276 e. The third-order valence-electron chi connectivity index (χ3n) is 3.24. The normalized spacial score (nSPS) is 16.8.